The Kier molecular flexibility index (Phi) is 3.90. The molecule has 0 saturated heterocycles. The number of fused-ring (bicyclic) bond motifs is 2. The van der Waals surface area contributed by atoms with Crippen molar-refractivity contribution in [2.24, 2.45) is 10.8 Å². The maximum atomic E-state index is 11.8. The number of hydrogen-bond acceptors (Lipinski definition) is 3. The molecule has 2 unspecified atom stereocenters. The first-order valence-corrected chi connectivity index (χ1v) is 5.75. The van der Waals surface area contributed by atoms with Crippen LogP contribution in [0, 0.1) is 10.8 Å². The number of aliphatic hydroxyl groups is 2. The van der Waals surface area contributed by atoms with Gasteiger partial charge in [-0.25, -0.2) is 0 Å². The molecule has 2 aliphatic carbocycles. The second kappa shape index (κ2) is 4.62. The van der Waals surface area contributed by atoms with Crippen molar-refractivity contribution >= 4 is 5.78 Å². The minimum Gasteiger partial charge on any atom is -0.394 e. The van der Waals surface area contributed by atoms with Gasteiger partial charge in [0.05, 0.1) is 13.2 Å². The molecule has 2 bridgehead atoms. The van der Waals surface area contributed by atoms with E-state index < -0.39 is 0 Å². The van der Waals surface area contributed by atoms with Crippen LogP contribution in [0.2, 0.25) is 0 Å². The van der Waals surface area contributed by atoms with Gasteiger partial charge in [-0.1, -0.05) is 20.3 Å². The zero-order valence-corrected chi connectivity index (χ0v) is 9.75. The van der Waals surface area contributed by atoms with E-state index in [1.165, 1.54) is 6.42 Å². The van der Waals surface area contributed by atoms with Gasteiger partial charge < -0.3 is 10.2 Å². The van der Waals surface area contributed by atoms with Gasteiger partial charge >= 0.3 is 0 Å². The summed E-state index contributed by atoms with van der Waals surface area (Å²) in [6.45, 7) is 4.06. The Hall–Kier alpha value is -0.410. The summed E-state index contributed by atoms with van der Waals surface area (Å²) < 4.78 is 0. The number of carbonyl (C=O) groups is 1. The lowest BCUT2D eigenvalue weighted by Gasteiger charge is -2.33. The molecule has 0 amide bonds. The molecule has 0 aromatic rings. The number of aliphatic hydroxyl groups excluding tert-OH is 2. The third-order valence-electron chi connectivity index (χ3n) is 3.88. The zero-order valence-electron chi connectivity index (χ0n) is 9.75. The van der Waals surface area contributed by atoms with E-state index in [-0.39, 0.29) is 24.0 Å². The first-order valence-electron chi connectivity index (χ1n) is 5.75. The van der Waals surface area contributed by atoms with Gasteiger partial charge in [0.15, 0.2) is 0 Å². The molecule has 0 aromatic heterocycles. The van der Waals surface area contributed by atoms with E-state index in [4.69, 9.17) is 10.2 Å². The molecule has 0 aromatic carbocycles. The van der Waals surface area contributed by atoms with Gasteiger partial charge in [0, 0.05) is 10.8 Å². The highest BCUT2D eigenvalue weighted by molar-refractivity contribution is 5.92. The van der Waals surface area contributed by atoms with E-state index >= 15 is 0 Å². The molecular formula is C12H22O3. The molecule has 2 rings (SSSR count). The molecule has 2 aliphatic rings. The first-order chi connectivity index (χ1) is 6.98. The fraction of sp³-hybridized carbons (Fsp3) is 0.917. The minimum atomic E-state index is -0.125. The van der Waals surface area contributed by atoms with Gasteiger partial charge in [0.25, 0.3) is 0 Å². The molecule has 88 valence electrons. The Labute approximate surface area is 91.5 Å². The van der Waals surface area contributed by atoms with Gasteiger partial charge in [-0.2, -0.15) is 0 Å². The van der Waals surface area contributed by atoms with Crippen molar-refractivity contribution in [2.45, 2.75) is 46.0 Å². The van der Waals surface area contributed by atoms with E-state index in [2.05, 4.69) is 13.8 Å². The van der Waals surface area contributed by atoms with E-state index in [9.17, 15) is 4.79 Å². The van der Waals surface area contributed by atoms with Crippen molar-refractivity contribution in [3.63, 3.8) is 0 Å². The highest BCUT2D eigenvalue weighted by Crippen LogP contribution is 2.54. The second-order valence-electron chi connectivity index (χ2n) is 5.25. The predicted octanol–water partition coefficient (Wildman–Crippen LogP) is 1.52. The maximum absolute atomic E-state index is 11.8. The average Bonchev–Trinajstić information content (AvgIpc) is 2.40. The SMILES string of the molecule is CC12CCCC(C)(CC1)C2=O.OCCO. The Morgan fingerprint density at radius 3 is 1.67 bits per heavy atom. The largest absolute Gasteiger partial charge is 0.394 e. The molecule has 0 aliphatic heterocycles. The predicted molar refractivity (Wildman–Crippen MR) is 58.5 cm³/mol. The summed E-state index contributed by atoms with van der Waals surface area (Å²) in [5.41, 5.74) is 0.153. The Morgan fingerprint density at radius 2 is 1.40 bits per heavy atom. The standard InChI is InChI=1S/C10H16O.C2H6O2/c1-9-4-3-5-10(2,7-6-9)8(9)11;3-1-2-4/h3-7H2,1-2H3;3-4H,1-2H2. The average molecular weight is 214 g/mol. The molecule has 3 nitrogen and oxygen atoms in total. The quantitative estimate of drug-likeness (QED) is 0.695. The van der Waals surface area contributed by atoms with Crippen molar-refractivity contribution in [2.75, 3.05) is 13.2 Å². The van der Waals surface area contributed by atoms with Crippen molar-refractivity contribution in [1.29, 1.82) is 0 Å². The summed E-state index contributed by atoms with van der Waals surface area (Å²) in [4.78, 5) is 11.8. The van der Waals surface area contributed by atoms with Crippen LogP contribution >= 0.6 is 0 Å². The maximum Gasteiger partial charge on any atom is 0.144 e. The fourth-order valence-electron chi connectivity index (χ4n) is 2.85. The first kappa shape index (κ1) is 12.7. The lowest BCUT2D eigenvalue weighted by Crippen LogP contribution is -2.35. The fourth-order valence-corrected chi connectivity index (χ4v) is 2.85. The summed E-state index contributed by atoms with van der Waals surface area (Å²) in [5.74, 6) is 0.552. The normalized spacial score (nSPS) is 38.5. The Balaban J connectivity index is 0.000000245. The highest BCUT2D eigenvalue weighted by atomic mass is 16.3. The van der Waals surface area contributed by atoms with Crippen molar-refractivity contribution in [3.05, 3.63) is 0 Å². The van der Waals surface area contributed by atoms with E-state index in [1.807, 2.05) is 0 Å². The van der Waals surface area contributed by atoms with Crippen LogP contribution in [0.1, 0.15) is 46.0 Å². The monoisotopic (exact) mass is 214 g/mol. The number of rotatable bonds is 1. The molecule has 15 heavy (non-hydrogen) atoms. The van der Waals surface area contributed by atoms with Crippen LogP contribution in [-0.2, 0) is 4.79 Å². The van der Waals surface area contributed by atoms with Gasteiger partial charge in [-0.05, 0) is 25.7 Å². The van der Waals surface area contributed by atoms with Gasteiger partial charge in [-0.3, -0.25) is 4.79 Å². The van der Waals surface area contributed by atoms with Crippen LogP contribution in [0.4, 0.5) is 0 Å². The van der Waals surface area contributed by atoms with Gasteiger partial charge in [0.2, 0.25) is 0 Å². The molecule has 0 radical (unpaired) electrons. The lowest BCUT2D eigenvalue weighted by molar-refractivity contribution is -0.135. The molecule has 2 N–H and O–H groups in total. The molecule has 0 spiro atoms. The number of ketones is 1. The second-order valence-corrected chi connectivity index (χ2v) is 5.25. The van der Waals surface area contributed by atoms with Crippen LogP contribution in [0.5, 0.6) is 0 Å². The summed E-state index contributed by atoms with van der Waals surface area (Å²) in [6, 6.07) is 0. The zero-order chi connectivity index (χ0) is 11.5. The summed E-state index contributed by atoms with van der Waals surface area (Å²) in [5, 5.41) is 15.2. The summed E-state index contributed by atoms with van der Waals surface area (Å²) in [7, 11) is 0. The summed E-state index contributed by atoms with van der Waals surface area (Å²) >= 11 is 0. The molecule has 2 fully saturated rings. The van der Waals surface area contributed by atoms with Crippen LogP contribution in [0.15, 0.2) is 0 Å². The van der Waals surface area contributed by atoms with Crippen molar-refractivity contribution in [1.82, 2.24) is 0 Å². The molecule has 2 saturated carbocycles. The van der Waals surface area contributed by atoms with Gasteiger partial charge in [0.1, 0.15) is 5.78 Å². The van der Waals surface area contributed by atoms with Crippen LogP contribution in [0.3, 0.4) is 0 Å². The van der Waals surface area contributed by atoms with E-state index in [1.54, 1.807) is 0 Å². The van der Waals surface area contributed by atoms with Crippen molar-refractivity contribution < 1.29 is 15.0 Å². The number of carbonyl (C=O) groups excluding carboxylic acids is 1. The molecular weight excluding hydrogens is 192 g/mol. The molecule has 3 heteroatoms. The molecule has 0 heterocycles. The van der Waals surface area contributed by atoms with Crippen LogP contribution in [-0.4, -0.2) is 29.2 Å². The smallest absolute Gasteiger partial charge is 0.144 e. The number of hydrogen-bond donors (Lipinski definition) is 2. The van der Waals surface area contributed by atoms with E-state index in [0.717, 1.165) is 25.7 Å². The van der Waals surface area contributed by atoms with Crippen LogP contribution < -0.4 is 0 Å². The third kappa shape index (κ3) is 2.40. The topological polar surface area (TPSA) is 57.5 Å². The van der Waals surface area contributed by atoms with Gasteiger partial charge in [-0.15, -0.1) is 0 Å². The Bertz CT molecular complexity index is 217. The molecule has 2 atom stereocenters. The van der Waals surface area contributed by atoms with Crippen LogP contribution in [0.25, 0.3) is 0 Å². The van der Waals surface area contributed by atoms with E-state index in [0.29, 0.717) is 5.78 Å². The summed E-state index contributed by atoms with van der Waals surface area (Å²) in [6.07, 6.45) is 5.83. The number of Topliss-reactive ketones (excluding diaryl/α,β-unsaturated/α-hetero) is 1. The van der Waals surface area contributed by atoms with Crippen molar-refractivity contribution in [3.8, 4) is 0 Å². The highest BCUT2D eigenvalue weighted by Gasteiger charge is 2.53. The Morgan fingerprint density at radius 1 is 1.00 bits per heavy atom. The third-order valence-corrected chi connectivity index (χ3v) is 3.88. The minimum absolute atomic E-state index is 0.0764. The lowest BCUT2D eigenvalue weighted by atomic mass is 9.70.